The Kier molecular flexibility index (Phi) is 3.88. The fourth-order valence-corrected chi connectivity index (χ4v) is 1.48. The molecule has 2 rings (SSSR count). The third-order valence-electron chi connectivity index (χ3n) is 2.55. The lowest BCUT2D eigenvalue weighted by Crippen LogP contribution is -2.19. The van der Waals surface area contributed by atoms with Gasteiger partial charge >= 0.3 is 0 Å². The fourth-order valence-electron chi connectivity index (χ4n) is 1.48. The van der Waals surface area contributed by atoms with Crippen LogP contribution in [0.3, 0.4) is 0 Å². The van der Waals surface area contributed by atoms with Gasteiger partial charge in [-0.1, -0.05) is 6.07 Å². The predicted octanol–water partition coefficient (Wildman–Crippen LogP) is 1.38. The minimum absolute atomic E-state index is 0.140. The highest BCUT2D eigenvalue weighted by atomic mass is 16.5. The quantitative estimate of drug-likeness (QED) is 0.861. The van der Waals surface area contributed by atoms with E-state index >= 15 is 0 Å². The lowest BCUT2D eigenvalue weighted by Gasteiger charge is -2.10. The SMILES string of the molecule is CC(NCc1nc(N(C)C)no1)c1ccccn1. The summed E-state index contributed by atoms with van der Waals surface area (Å²) in [7, 11) is 3.75. The molecule has 1 atom stereocenters. The van der Waals surface area contributed by atoms with Crippen LogP contribution < -0.4 is 10.2 Å². The highest BCUT2D eigenvalue weighted by molar-refractivity contribution is 5.23. The Labute approximate surface area is 106 Å². The Morgan fingerprint density at radius 3 is 2.83 bits per heavy atom. The van der Waals surface area contributed by atoms with Gasteiger partial charge in [-0.3, -0.25) is 4.98 Å². The van der Waals surface area contributed by atoms with Crippen molar-refractivity contribution in [3.63, 3.8) is 0 Å². The van der Waals surface area contributed by atoms with Crippen molar-refractivity contribution in [3.05, 3.63) is 36.0 Å². The van der Waals surface area contributed by atoms with E-state index in [1.54, 1.807) is 11.1 Å². The smallest absolute Gasteiger partial charge is 0.265 e. The molecule has 0 saturated heterocycles. The molecule has 0 aliphatic carbocycles. The van der Waals surface area contributed by atoms with E-state index in [1.807, 2.05) is 39.2 Å². The van der Waals surface area contributed by atoms with Crippen LogP contribution in [0, 0.1) is 0 Å². The molecule has 6 nitrogen and oxygen atoms in total. The minimum Gasteiger partial charge on any atom is -0.344 e. The minimum atomic E-state index is 0.140. The summed E-state index contributed by atoms with van der Waals surface area (Å²) in [4.78, 5) is 10.3. The Morgan fingerprint density at radius 1 is 1.39 bits per heavy atom. The van der Waals surface area contributed by atoms with E-state index in [9.17, 15) is 0 Å². The Bertz CT molecular complexity index is 482. The van der Waals surface area contributed by atoms with Gasteiger partial charge in [0, 0.05) is 26.3 Å². The molecule has 2 aromatic heterocycles. The molecule has 0 fully saturated rings. The molecule has 96 valence electrons. The van der Waals surface area contributed by atoms with E-state index in [-0.39, 0.29) is 6.04 Å². The number of pyridine rings is 1. The van der Waals surface area contributed by atoms with Gasteiger partial charge in [-0.25, -0.2) is 0 Å². The number of hydrogen-bond acceptors (Lipinski definition) is 6. The van der Waals surface area contributed by atoms with Crippen LogP contribution in [-0.4, -0.2) is 29.2 Å². The molecule has 6 heteroatoms. The summed E-state index contributed by atoms with van der Waals surface area (Å²) in [6.07, 6.45) is 1.78. The van der Waals surface area contributed by atoms with E-state index < -0.39 is 0 Å². The first kappa shape index (κ1) is 12.5. The summed E-state index contributed by atoms with van der Waals surface area (Å²) in [5.74, 6) is 1.15. The van der Waals surface area contributed by atoms with Crippen molar-refractivity contribution in [1.29, 1.82) is 0 Å². The van der Waals surface area contributed by atoms with E-state index in [1.165, 1.54) is 0 Å². The van der Waals surface area contributed by atoms with Crippen LogP contribution in [0.4, 0.5) is 5.95 Å². The number of anilines is 1. The zero-order valence-electron chi connectivity index (χ0n) is 10.8. The van der Waals surface area contributed by atoms with E-state index in [0.717, 1.165) is 5.69 Å². The van der Waals surface area contributed by atoms with Crippen molar-refractivity contribution in [2.24, 2.45) is 0 Å². The highest BCUT2D eigenvalue weighted by Crippen LogP contribution is 2.10. The molecule has 0 saturated carbocycles. The molecular formula is C12H17N5O. The van der Waals surface area contributed by atoms with Gasteiger partial charge in [-0.2, -0.15) is 4.98 Å². The Hall–Kier alpha value is -1.95. The molecular weight excluding hydrogens is 230 g/mol. The van der Waals surface area contributed by atoms with Crippen LogP contribution in [0.15, 0.2) is 28.9 Å². The van der Waals surface area contributed by atoms with Crippen molar-refractivity contribution in [2.75, 3.05) is 19.0 Å². The number of rotatable bonds is 5. The molecule has 18 heavy (non-hydrogen) atoms. The van der Waals surface area contributed by atoms with E-state index in [2.05, 4.69) is 20.4 Å². The van der Waals surface area contributed by atoms with Crippen molar-refractivity contribution in [3.8, 4) is 0 Å². The first-order valence-electron chi connectivity index (χ1n) is 5.81. The molecule has 1 N–H and O–H groups in total. The number of hydrogen-bond donors (Lipinski definition) is 1. The third-order valence-corrected chi connectivity index (χ3v) is 2.55. The maximum Gasteiger partial charge on any atom is 0.265 e. The molecule has 0 aromatic carbocycles. The summed E-state index contributed by atoms with van der Waals surface area (Å²) in [6, 6.07) is 5.99. The molecule has 0 radical (unpaired) electrons. The van der Waals surface area contributed by atoms with Crippen LogP contribution in [0.25, 0.3) is 0 Å². The molecule has 0 aliphatic heterocycles. The largest absolute Gasteiger partial charge is 0.344 e. The maximum atomic E-state index is 5.13. The van der Waals surface area contributed by atoms with Crippen LogP contribution in [0.5, 0.6) is 0 Å². The first-order chi connectivity index (χ1) is 8.66. The van der Waals surface area contributed by atoms with Gasteiger partial charge in [0.25, 0.3) is 5.95 Å². The topological polar surface area (TPSA) is 67.1 Å². The van der Waals surface area contributed by atoms with Gasteiger partial charge in [0.2, 0.25) is 5.89 Å². The van der Waals surface area contributed by atoms with Gasteiger partial charge in [0.1, 0.15) is 0 Å². The molecule has 0 aliphatic rings. The zero-order valence-corrected chi connectivity index (χ0v) is 10.8. The highest BCUT2D eigenvalue weighted by Gasteiger charge is 2.10. The summed E-state index contributed by atoms with van der Waals surface area (Å²) in [5.41, 5.74) is 0.991. The Balaban J connectivity index is 1.91. The van der Waals surface area contributed by atoms with Crippen LogP contribution in [0.1, 0.15) is 24.6 Å². The maximum absolute atomic E-state index is 5.13. The second-order valence-electron chi connectivity index (χ2n) is 4.24. The third kappa shape index (κ3) is 3.04. The molecule has 0 spiro atoms. The van der Waals surface area contributed by atoms with Crippen LogP contribution >= 0.6 is 0 Å². The van der Waals surface area contributed by atoms with Crippen molar-refractivity contribution in [2.45, 2.75) is 19.5 Å². The lowest BCUT2D eigenvalue weighted by molar-refractivity contribution is 0.359. The standard InChI is InChI=1S/C12H17N5O/c1-9(10-6-4-5-7-13-10)14-8-11-15-12(16-18-11)17(2)3/h4-7,9,14H,8H2,1-3H3. The second kappa shape index (κ2) is 5.59. The Morgan fingerprint density at radius 2 is 2.22 bits per heavy atom. The molecule has 1 unspecified atom stereocenters. The van der Waals surface area contributed by atoms with Gasteiger partial charge < -0.3 is 14.7 Å². The van der Waals surface area contributed by atoms with Gasteiger partial charge in [-0.15, -0.1) is 0 Å². The fraction of sp³-hybridized carbons (Fsp3) is 0.417. The average Bonchev–Trinajstić information content (AvgIpc) is 2.86. The molecule has 0 amide bonds. The van der Waals surface area contributed by atoms with Gasteiger partial charge in [0.15, 0.2) is 0 Å². The average molecular weight is 247 g/mol. The van der Waals surface area contributed by atoms with Crippen LogP contribution in [0.2, 0.25) is 0 Å². The number of nitrogens with zero attached hydrogens (tertiary/aromatic N) is 4. The summed E-state index contributed by atoms with van der Waals surface area (Å²) in [6.45, 7) is 2.57. The number of aromatic nitrogens is 3. The second-order valence-corrected chi connectivity index (χ2v) is 4.24. The van der Waals surface area contributed by atoms with Gasteiger partial charge in [-0.05, 0) is 24.2 Å². The predicted molar refractivity (Wildman–Crippen MR) is 68.1 cm³/mol. The van der Waals surface area contributed by atoms with Gasteiger partial charge in [0.05, 0.1) is 12.2 Å². The molecule has 2 heterocycles. The zero-order chi connectivity index (χ0) is 13.0. The van der Waals surface area contributed by atoms with Crippen LogP contribution in [-0.2, 0) is 6.54 Å². The summed E-state index contributed by atoms with van der Waals surface area (Å²) in [5, 5.41) is 7.14. The monoisotopic (exact) mass is 247 g/mol. The van der Waals surface area contributed by atoms with Crippen molar-refractivity contribution >= 4 is 5.95 Å². The number of nitrogens with one attached hydrogen (secondary N) is 1. The van der Waals surface area contributed by atoms with E-state index in [0.29, 0.717) is 18.4 Å². The molecule has 0 bridgehead atoms. The van der Waals surface area contributed by atoms with Crippen molar-refractivity contribution in [1.82, 2.24) is 20.4 Å². The van der Waals surface area contributed by atoms with E-state index in [4.69, 9.17) is 4.52 Å². The lowest BCUT2D eigenvalue weighted by atomic mass is 10.2. The summed E-state index contributed by atoms with van der Waals surface area (Å²) >= 11 is 0. The molecule has 2 aromatic rings. The summed E-state index contributed by atoms with van der Waals surface area (Å²) < 4.78 is 5.13. The van der Waals surface area contributed by atoms with Crippen molar-refractivity contribution < 1.29 is 4.52 Å². The first-order valence-corrected chi connectivity index (χ1v) is 5.81. The normalized spacial score (nSPS) is 12.4.